The Hall–Kier alpha value is -0.570. The summed E-state index contributed by atoms with van der Waals surface area (Å²) in [5, 5.41) is 12.4. The number of amides is 1. The van der Waals surface area contributed by atoms with Gasteiger partial charge in [0.15, 0.2) is 0 Å². The lowest BCUT2D eigenvalue weighted by molar-refractivity contribution is -0.122. The van der Waals surface area contributed by atoms with Gasteiger partial charge in [0.1, 0.15) is 0 Å². The van der Waals surface area contributed by atoms with E-state index in [0.717, 1.165) is 32.1 Å². The van der Waals surface area contributed by atoms with Gasteiger partial charge in [0.2, 0.25) is 5.91 Å². The summed E-state index contributed by atoms with van der Waals surface area (Å²) in [6.07, 6.45) is 6.62. The summed E-state index contributed by atoms with van der Waals surface area (Å²) in [5.41, 5.74) is 0. The van der Waals surface area contributed by atoms with Crippen molar-refractivity contribution >= 4 is 5.91 Å². The highest BCUT2D eigenvalue weighted by atomic mass is 16.3. The molecular weight excluding hydrogens is 178 g/mol. The minimum absolute atomic E-state index is 0.133. The van der Waals surface area contributed by atoms with Crippen molar-refractivity contribution in [2.24, 2.45) is 5.92 Å². The molecule has 1 amide bonds. The van der Waals surface area contributed by atoms with Gasteiger partial charge in [0.25, 0.3) is 0 Å². The minimum atomic E-state index is -0.133. The molecule has 0 radical (unpaired) electrons. The highest BCUT2D eigenvalue weighted by Gasteiger charge is 2.26. The molecule has 80 valence electrons. The summed E-state index contributed by atoms with van der Waals surface area (Å²) >= 11 is 0. The Morgan fingerprint density at radius 2 is 1.79 bits per heavy atom. The molecule has 0 aromatic carbocycles. The molecule has 14 heavy (non-hydrogen) atoms. The van der Waals surface area contributed by atoms with E-state index in [1.165, 1.54) is 12.8 Å². The van der Waals surface area contributed by atoms with Gasteiger partial charge in [-0.15, -0.1) is 0 Å². The Bertz CT molecular complexity index is 205. The third-order valence-corrected chi connectivity index (χ3v) is 3.23. The van der Waals surface area contributed by atoms with Crippen LogP contribution in [0.4, 0.5) is 0 Å². The number of carbonyl (C=O) groups is 1. The van der Waals surface area contributed by atoms with Crippen molar-refractivity contribution in [2.75, 3.05) is 0 Å². The van der Waals surface area contributed by atoms with Crippen LogP contribution in [0.1, 0.15) is 44.9 Å². The Morgan fingerprint density at radius 1 is 1.14 bits per heavy atom. The van der Waals surface area contributed by atoms with Crippen molar-refractivity contribution in [1.29, 1.82) is 0 Å². The standard InChI is InChI=1S/C11H19NO2/c13-10-5-3-9(4-6-10)12-11(14)7-8-1-2-8/h8-10,13H,1-7H2,(H,12,14). The third kappa shape index (κ3) is 2.98. The molecule has 2 fully saturated rings. The fraction of sp³-hybridized carbons (Fsp3) is 0.909. The molecule has 0 unspecified atom stereocenters. The first-order chi connectivity index (χ1) is 6.74. The highest BCUT2D eigenvalue weighted by molar-refractivity contribution is 5.76. The smallest absolute Gasteiger partial charge is 0.220 e. The van der Waals surface area contributed by atoms with Gasteiger partial charge < -0.3 is 10.4 Å². The topological polar surface area (TPSA) is 49.3 Å². The van der Waals surface area contributed by atoms with E-state index < -0.39 is 0 Å². The van der Waals surface area contributed by atoms with Crippen LogP contribution in [0.15, 0.2) is 0 Å². The van der Waals surface area contributed by atoms with Gasteiger partial charge in [-0.25, -0.2) is 0 Å². The van der Waals surface area contributed by atoms with Crippen LogP contribution in [-0.4, -0.2) is 23.2 Å². The number of aliphatic hydroxyl groups is 1. The number of aliphatic hydroxyl groups excluding tert-OH is 1. The second kappa shape index (κ2) is 4.30. The Kier molecular flexibility index (Phi) is 3.06. The molecule has 0 aliphatic heterocycles. The molecule has 0 atom stereocenters. The van der Waals surface area contributed by atoms with Gasteiger partial charge in [-0.2, -0.15) is 0 Å². The maximum Gasteiger partial charge on any atom is 0.220 e. The molecule has 0 aromatic rings. The number of carbonyl (C=O) groups excluding carboxylic acids is 1. The van der Waals surface area contributed by atoms with E-state index in [1.54, 1.807) is 0 Å². The third-order valence-electron chi connectivity index (χ3n) is 3.23. The number of nitrogens with one attached hydrogen (secondary N) is 1. The normalized spacial score (nSPS) is 32.6. The van der Waals surface area contributed by atoms with E-state index in [1.807, 2.05) is 0 Å². The molecule has 2 aliphatic rings. The average Bonchev–Trinajstić information content (AvgIpc) is 2.93. The Morgan fingerprint density at radius 3 is 2.36 bits per heavy atom. The quantitative estimate of drug-likeness (QED) is 0.714. The Balaban J connectivity index is 1.66. The average molecular weight is 197 g/mol. The van der Waals surface area contributed by atoms with Crippen LogP contribution in [0.25, 0.3) is 0 Å². The van der Waals surface area contributed by atoms with Gasteiger partial charge in [-0.1, -0.05) is 0 Å². The second-order valence-electron chi connectivity index (χ2n) is 4.72. The lowest BCUT2D eigenvalue weighted by atomic mass is 9.93. The van der Waals surface area contributed by atoms with Gasteiger partial charge >= 0.3 is 0 Å². The number of hydrogen-bond acceptors (Lipinski definition) is 2. The molecule has 2 N–H and O–H groups in total. The molecule has 0 spiro atoms. The van der Waals surface area contributed by atoms with E-state index >= 15 is 0 Å². The minimum Gasteiger partial charge on any atom is -0.393 e. The second-order valence-corrected chi connectivity index (χ2v) is 4.72. The zero-order valence-corrected chi connectivity index (χ0v) is 8.54. The zero-order chi connectivity index (χ0) is 9.97. The van der Waals surface area contributed by atoms with Gasteiger partial charge in [-0.3, -0.25) is 4.79 Å². The van der Waals surface area contributed by atoms with Crippen LogP contribution in [0.2, 0.25) is 0 Å². The van der Waals surface area contributed by atoms with Crippen LogP contribution in [0, 0.1) is 5.92 Å². The van der Waals surface area contributed by atoms with Crippen LogP contribution in [0.5, 0.6) is 0 Å². The largest absolute Gasteiger partial charge is 0.393 e. The molecule has 0 bridgehead atoms. The van der Waals surface area contributed by atoms with Crippen LogP contribution >= 0.6 is 0 Å². The van der Waals surface area contributed by atoms with Gasteiger partial charge in [0.05, 0.1) is 6.10 Å². The fourth-order valence-corrected chi connectivity index (χ4v) is 2.09. The monoisotopic (exact) mass is 197 g/mol. The number of rotatable bonds is 3. The first-order valence-corrected chi connectivity index (χ1v) is 5.71. The zero-order valence-electron chi connectivity index (χ0n) is 8.54. The lowest BCUT2D eigenvalue weighted by Crippen LogP contribution is -2.38. The van der Waals surface area contributed by atoms with E-state index in [2.05, 4.69) is 5.32 Å². The van der Waals surface area contributed by atoms with E-state index in [9.17, 15) is 9.90 Å². The number of hydrogen-bond donors (Lipinski definition) is 2. The van der Waals surface area contributed by atoms with Crippen LogP contribution in [0.3, 0.4) is 0 Å². The van der Waals surface area contributed by atoms with Crippen LogP contribution in [-0.2, 0) is 4.79 Å². The molecule has 3 nitrogen and oxygen atoms in total. The molecule has 0 aromatic heterocycles. The fourth-order valence-electron chi connectivity index (χ4n) is 2.09. The summed E-state index contributed by atoms with van der Waals surface area (Å²) in [7, 11) is 0. The summed E-state index contributed by atoms with van der Waals surface area (Å²) in [5.74, 6) is 0.887. The van der Waals surface area contributed by atoms with E-state index in [4.69, 9.17) is 0 Å². The summed E-state index contributed by atoms with van der Waals surface area (Å²) in [4.78, 5) is 11.5. The Labute approximate surface area is 84.9 Å². The van der Waals surface area contributed by atoms with Crippen molar-refractivity contribution in [2.45, 2.75) is 57.1 Å². The van der Waals surface area contributed by atoms with Crippen molar-refractivity contribution in [3.63, 3.8) is 0 Å². The molecular formula is C11H19NO2. The van der Waals surface area contributed by atoms with Crippen molar-refractivity contribution in [1.82, 2.24) is 5.32 Å². The van der Waals surface area contributed by atoms with Crippen molar-refractivity contribution < 1.29 is 9.90 Å². The molecule has 3 heteroatoms. The summed E-state index contributed by atoms with van der Waals surface area (Å²) in [6, 6.07) is 0.324. The van der Waals surface area contributed by atoms with Gasteiger partial charge in [0, 0.05) is 12.5 Å². The maximum absolute atomic E-state index is 11.5. The first-order valence-electron chi connectivity index (χ1n) is 5.71. The highest BCUT2D eigenvalue weighted by Crippen LogP contribution is 2.32. The maximum atomic E-state index is 11.5. The van der Waals surface area contributed by atoms with Crippen molar-refractivity contribution in [3.8, 4) is 0 Å². The molecule has 2 saturated carbocycles. The molecule has 0 saturated heterocycles. The predicted octanol–water partition coefficient (Wildman–Crippen LogP) is 1.21. The first kappa shape index (κ1) is 9.97. The van der Waals surface area contributed by atoms with E-state index in [-0.39, 0.29) is 12.0 Å². The van der Waals surface area contributed by atoms with E-state index in [0.29, 0.717) is 12.0 Å². The predicted molar refractivity (Wildman–Crippen MR) is 53.7 cm³/mol. The van der Waals surface area contributed by atoms with Crippen molar-refractivity contribution in [3.05, 3.63) is 0 Å². The summed E-state index contributed by atoms with van der Waals surface area (Å²) in [6.45, 7) is 0. The lowest BCUT2D eigenvalue weighted by Gasteiger charge is -2.26. The molecule has 2 rings (SSSR count). The molecule has 2 aliphatic carbocycles. The van der Waals surface area contributed by atoms with Gasteiger partial charge in [-0.05, 0) is 44.4 Å². The van der Waals surface area contributed by atoms with Crippen LogP contribution < -0.4 is 5.32 Å². The molecule has 0 heterocycles. The SMILES string of the molecule is O=C(CC1CC1)NC1CCC(O)CC1. The summed E-state index contributed by atoms with van der Waals surface area (Å²) < 4.78 is 0.